The van der Waals surface area contributed by atoms with Crippen molar-refractivity contribution in [2.45, 2.75) is 26.3 Å². The highest BCUT2D eigenvalue weighted by molar-refractivity contribution is 5.85. The third kappa shape index (κ3) is 5.65. The first kappa shape index (κ1) is 18.5. The van der Waals surface area contributed by atoms with Crippen LogP contribution in [0.4, 0.5) is 8.78 Å². The number of hydrogen-bond acceptors (Lipinski definition) is 3. The summed E-state index contributed by atoms with van der Waals surface area (Å²) in [6.07, 6.45) is -0.399. The van der Waals surface area contributed by atoms with E-state index in [-0.39, 0.29) is 24.6 Å². The van der Waals surface area contributed by atoms with E-state index >= 15 is 0 Å². The van der Waals surface area contributed by atoms with E-state index in [9.17, 15) is 23.2 Å². The molecular weight excluding hydrogens is 310 g/mol. The van der Waals surface area contributed by atoms with E-state index in [0.717, 1.165) is 17.0 Å². The molecular formula is C15H18F2N2O4. The molecule has 0 radical (unpaired) electrons. The number of carboxylic acids is 1. The summed E-state index contributed by atoms with van der Waals surface area (Å²) in [7, 11) is 0. The largest absolute Gasteiger partial charge is 0.480 e. The van der Waals surface area contributed by atoms with Gasteiger partial charge in [0.25, 0.3) is 0 Å². The first-order valence-corrected chi connectivity index (χ1v) is 6.93. The fourth-order valence-electron chi connectivity index (χ4n) is 1.95. The van der Waals surface area contributed by atoms with Crippen LogP contribution in [0.5, 0.6) is 0 Å². The lowest BCUT2D eigenvalue weighted by Gasteiger charge is -2.26. The summed E-state index contributed by atoms with van der Waals surface area (Å²) in [5, 5.41) is 11.5. The lowest BCUT2D eigenvalue weighted by atomic mass is 10.1. The minimum atomic E-state index is -1.22. The Bertz CT molecular complexity index is 607. The summed E-state index contributed by atoms with van der Waals surface area (Å²) in [4.78, 5) is 35.2. The van der Waals surface area contributed by atoms with Gasteiger partial charge in [0, 0.05) is 26.1 Å². The lowest BCUT2D eigenvalue weighted by molar-refractivity contribution is -0.149. The lowest BCUT2D eigenvalue weighted by Crippen LogP contribution is -2.47. The van der Waals surface area contributed by atoms with Crippen molar-refractivity contribution in [2.75, 3.05) is 13.1 Å². The van der Waals surface area contributed by atoms with Crippen molar-refractivity contribution in [3.8, 4) is 0 Å². The Morgan fingerprint density at radius 1 is 1.30 bits per heavy atom. The molecule has 1 aromatic rings. The van der Waals surface area contributed by atoms with Crippen LogP contribution in [0.3, 0.4) is 0 Å². The average molecular weight is 328 g/mol. The van der Waals surface area contributed by atoms with Gasteiger partial charge in [0.15, 0.2) is 0 Å². The summed E-state index contributed by atoms with van der Waals surface area (Å²) in [5.74, 6) is -3.80. The second-order valence-corrected chi connectivity index (χ2v) is 5.00. The molecule has 0 fully saturated rings. The zero-order chi connectivity index (χ0) is 17.6. The summed E-state index contributed by atoms with van der Waals surface area (Å²) in [6.45, 7) is 2.65. The summed E-state index contributed by atoms with van der Waals surface area (Å²) in [5.41, 5.74) is -0.0292. The molecule has 1 unspecified atom stereocenters. The number of nitrogens with zero attached hydrogens (tertiary/aromatic N) is 1. The number of aliphatic carboxylic acids is 1. The molecule has 8 heteroatoms. The van der Waals surface area contributed by atoms with Gasteiger partial charge in [0.1, 0.15) is 17.7 Å². The van der Waals surface area contributed by atoms with E-state index in [4.69, 9.17) is 5.11 Å². The predicted molar refractivity (Wildman–Crippen MR) is 77.6 cm³/mol. The first-order valence-electron chi connectivity index (χ1n) is 6.93. The van der Waals surface area contributed by atoms with Gasteiger partial charge in [-0.15, -0.1) is 0 Å². The fourth-order valence-corrected chi connectivity index (χ4v) is 1.95. The third-order valence-electron chi connectivity index (χ3n) is 3.23. The van der Waals surface area contributed by atoms with Crippen LogP contribution in [0.15, 0.2) is 18.2 Å². The predicted octanol–water partition coefficient (Wildman–Crippen LogP) is 0.945. The maximum atomic E-state index is 13.6. The van der Waals surface area contributed by atoms with E-state index in [1.807, 2.05) is 0 Å². The van der Waals surface area contributed by atoms with E-state index in [2.05, 4.69) is 5.32 Å². The van der Waals surface area contributed by atoms with Crippen LogP contribution in [-0.4, -0.2) is 46.9 Å². The molecule has 0 aliphatic carbocycles. The van der Waals surface area contributed by atoms with E-state index in [1.165, 1.54) is 13.8 Å². The van der Waals surface area contributed by atoms with Gasteiger partial charge in [-0.25, -0.2) is 13.6 Å². The minimum Gasteiger partial charge on any atom is -0.480 e. The SMILES string of the molecule is CC(=O)NCCN(C(=O)Cc1ccc(F)cc1F)C(C)C(=O)O. The normalized spacial score (nSPS) is 11.7. The number of halogens is 2. The molecule has 0 heterocycles. The Hall–Kier alpha value is -2.51. The smallest absolute Gasteiger partial charge is 0.326 e. The van der Waals surface area contributed by atoms with E-state index in [0.29, 0.717) is 6.07 Å². The van der Waals surface area contributed by atoms with Crippen LogP contribution >= 0.6 is 0 Å². The zero-order valence-electron chi connectivity index (χ0n) is 12.8. The number of carboxylic acid groups (broad SMARTS) is 1. The topological polar surface area (TPSA) is 86.7 Å². The van der Waals surface area contributed by atoms with E-state index in [1.54, 1.807) is 0 Å². The number of rotatable bonds is 7. The van der Waals surface area contributed by atoms with Gasteiger partial charge in [-0.05, 0) is 18.6 Å². The van der Waals surface area contributed by atoms with Gasteiger partial charge in [0.2, 0.25) is 11.8 Å². The van der Waals surface area contributed by atoms with Crippen LogP contribution in [0, 0.1) is 11.6 Å². The van der Waals surface area contributed by atoms with Crippen molar-refractivity contribution >= 4 is 17.8 Å². The number of benzene rings is 1. The first-order chi connectivity index (χ1) is 10.7. The second-order valence-electron chi connectivity index (χ2n) is 5.00. The summed E-state index contributed by atoms with van der Waals surface area (Å²) < 4.78 is 26.5. The monoisotopic (exact) mass is 328 g/mol. The molecule has 0 bridgehead atoms. The van der Waals surface area contributed by atoms with Crippen molar-refractivity contribution < 1.29 is 28.3 Å². The third-order valence-corrected chi connectivity index (χ3v) is 3.23. The van der Waals surface area contributed by atoms with Gasteiger partial charge in [-0.1, -0.05) is 6.07 Å². The summed E-state index contributed by atoms with van der Waals surface area (Å²) >= 11 is 0. The van der Waals surface area contributed by atoms with Gasteiger partial charge in [0.05, 0.1) is 6.42 Å². The Balaban J connectivity index is 2.85. The van der Waals surface area contributed by atoms with Gasteiger partial charge < -0.3 is 15.3 Å². The molecule has 2 N–H and O–H groups in total. The van der Waals surface area contributed by atoms with Crippen LogP contribution in [-0.2, 0) is 20.8 Å². The maximum Gasteiger partial charge on any atom is 0.326 e. The quantitative estimate of drug-likeness (QED) is 0.780. The standard InChI is InChI=1S/C15H18F2N2O4/c1-9(15(22)23)19(6-5-18-10(2)20)14(21)7-11-3-4-12(16)8-13(11)17/h3-4,8-9H,5-7H2,1-2H3,(H,18,20)(H,22,23). The van der Waals surface area contributed by atoms with Gasteiger partial charge >= 0.3 is 5.97 Å². The van der Waals surface area contributed by atoms with Crippen LogP contribution in [0.2, 0.25) is 0 Å². The number of carbonyl (C=O) groups is 3. The molecule has 2 amide bonds. The molecule has 6 nitrogen and oxygen atoms in total. The van der Waals surface area contributed by atoms with Crippen molar-refractivity contribution in [1.82, 2.24) is 10.2 Å². The average Bonchev–Trinajstić information content (AvgIpc) is 2.45. The Morgan fingerprint density at radius 3 is 2.48 bits per heavy atom. The molecule has 1 atom stereocenters. The molecule has 0 aliphatic heterocycles. The molecule has 0 spiro atoms. The minimum absolute atomic E-state index is 0.0292. The highest BCUT2D eigenvalue weighted by Gasteiger charge is 2.26. The van der Waals surface area contributed by atoms with E-state index < -0.39 is 36.0 Å². The van der Waals surface area contributed by atoms with Crippen molar-refractivity contribution in [1.29, 1.82) is 0 Å². The maximum absolute atomic E-state index is 13.6. The Labute approximate surface area is 132 Å². The number of carbonyl (C=O) groups excluding carboxylic acids is 2. The van der Waals surface area contributed by atoms with Crippen molar-refractivity contribution in [3.05, 3.63) is 35.4 Å². The van der Waals surface area contributed by atoms with Crippen LogP contribution in [0.1, 0.15) is 19.4 Å². The molecule has 23 heavy (non-hydrogen) atoms. The Kier molecular flexibility index (Phi) is 6.62. The number of nitrogens with one attached hydrogen (secondary N) is 1. The highest BCUT2D eigenvalue weighted by Crippen LogP contribution is 2.12. The number of amides is 2. The van der Waals surface area contributed by atoms with Crippen LogP contribution < -0.4 is 5.32 Å². The molecule has 1 aromatic carbocycles. The number of hydrogen-bond donors (Lipinski definition) is 2. The highest BCUT2D eigenvalue weighted by atomic mass is 19.1. The zero-order valence-corrected chi connectivity index (χ0v) is 12.8. The van der Waals surface area contributed by atoms with Gasteiger partial charge in [-0.2, -0.15) is 0 Å². The fraction of sp³-hybridized carbons (Fsp3) is 0.400. The van der Waals surface area contributed by atoms with Crippen molar-refractivity contribution in [2.24, 2.45) is 0 Å². The molecule has 0 saturated carbocycles. The molecule has 1 rings (SSSR count). The second kappa shape index (κ2) is 8.21. The Morgan fingerprint density at radius 2 is 1.96 bits per heavy atom. The summed E-state index contributed by atoms with van der Waals surface area (Å²) in [6, 6.07) is 1.68. The molecule has 0 aromatic heterocycles. The van der Waals surface area contributed by atoms with Gasteiger partial charge in [-0.3, -0.25) is 9.59 Å². The molecule has 0 saturated heterocycles. The molecule has 126 valence electrons. The van der Waals surface area contributed by atoms with Crippen molar-refractivity contribution in [3.63, 3.8) is 0 Å². The molecule has 0 aliphatic rings. The van der Waals surface area contributed by atoms with Crippen LogP contribution in [0.25, 0.3) is 0 Å².